The molecule has 116 valence electrons. The molecule has 0 unspecified atom stereocenters. The van der Waals surface area contributed by atoms with E-state index in [-0.39, 0.29) is 17.2 Å². The molecule has 1 saturated carbocycles. The highest BCUT2D eigenvalue weighted by molar-refractivity contribution is 9.10. The molecule has 1 heterocycles. The number of rotatable bonds is 5. The van der Waals surface area contributed by atoms with E-state index in [1.165, 1.54) is 0 Å². The van der Waals surface area contributed by atoms with E-state index in [1.54, 1.807) is 0 Å². The lowest BCUT2D eigenvalue weighted by atomic mass is 9.94. The summed E-state index contributed by atoms with van der Waals surface area (Å²) in [6.45, 7) is 1.05. The minimum atomic E-state index is -3.24. The fourth-order valence-electron chi connectivity index (χ4n) is 2.82. The molecule has 21 heavy (non-hydrogen) atoms. The predicted molar refractivity (Wildman–Crippen MR) is 85.6 cm³/mol. The number of hydrogen-bond donors (Lipinski definition) is 1. The molecule has 1 aliphatic carbocycles. The second-order valence-corrected chi connectivity index (χ2v) is 8.78. The minimum Gasteiger partial charge on any atom is -0.381 e. The maximum absolute atomic E-state index is 12.5. The number of hydrogen-bond acceptors (Lipinski definition) is 3. The van der Waals surface area contributed by atoms with Crippen molar-refractivity contribution in [1.82, 2.24) is 4.72 Å². The summed E-state index contributed by atoms with van der Waals surface area (Å²) < 4.78 is 34.4. The van der Waals surface area contributed by atoms with Crippen LogP contribution in [0.2, 0.25) is 0 Å². The van der Waals surface area contributed by atoms with E-state index in [2.05, 4.69) is 20.7 Å². The highest BCUT2D eigenvalue weighted by Gasteiger charge is 2.39. The molecule has 6 heteroatoms. The Morgan fingerprint density at radius 2 is 1.90 bits per heavy atom. The van der Waals surface area contributed by atoms with E-state index < -0.39 is 10.0 Å². The van der Waals surface area contributed by atoms with E-state index in [9.17, 15) is 8.42 Å². The van der Waals surface area contributed by atoms with E-state index in [1.807, 2.05) is 24.3 Å². The topological polar surface area (TPSA) is 55.4 Å². The van der Waals surface area contributed by atoms with Gasteiger partial charge in [-0.15, -0.1) is 0 Å². The fourth-order valence-corrected chi connectivity index (χ4v) is 5.05. The van der Waals surface area contributed by atoms with E-state index in [0.29, 0.717) is 19.6 Å². The van der Waals surface area contributed by atoms with Crippen LogP contribution in [0.15, 0.2) is 28.7 Å². The fraction of sp³-hybridized carbons (Fsp3) is 0.600. The van der Waals surface area contributed by atoms with Gasteiger partial charge < -0.3 is 4.74 Å². The molecule has 0 spiro atoms. The summed E-state index contributed by atoms with van der Waals surface area (Å²) in [7, 11) is -3.24. The maximum atomic E-state index is 12.5. The number of nitrogens with one attached hydrogen (secondary N) is 1. The van der Waals surface area contributed by atoms with E-state index in [4.69, 9.17) is 4.74 Å². The lowest BCUT2D eigenvalue weighted by Gasteiger charge is -2.31. The average molecular weight is 374 g/mol. The summed E-state index contributed by atoms with van der Waals surface area (Å²) in [5.41, 5.74) is 1.15. The van der Waals surface area contributed by atoms with Crippen LogP contribution in [0.4, 0.5) is 0 Å². The van der Waals surface area contributed by atoms with Crippen LogP contribution in [-0.4, -0.2) is 32.9 Å². The van der Waals surface area contributed by atoms with Crippen molar-refractivity contribution in [3.8, 4) is 0 Å². The number of ether oxygens (including phenoxy) is 1. The molecule has 2 atom stereocenters. The van der Waals surface area contributed by atoms with Gasteiger partial charge in [0.25, 0.3) is 0 Å². The van der Waals surface area contributed by atoms with Crippen molar-refractivity contribution in [3.05, 3.63) is 34.3 Å². The predicted octanol–water partition coefficient (Wildman–Crippen LogP) is 2.48. The van der Waals surface area contributed by atoms with Crippen molar-refractivity contribution in [2.75, 3.05) is 13.2 Å². The van der Waals surface area contributed by atoms with Crippen LogP contribution in [0, 0.1) is 5.92 Å². The number of sulfonamides is 1. The normalized spacial score (nSPS) is 26.7. The van der Waals surface area contributed by atoms with Crippen molar-refractivity contribution in [2.45, 2.75) is 37.0 Å². The van der Waals surface area contributed by atoms with Gasteiger partial charge in [0.1, 0.15) is 0 Å². The maximum Gasteiger partial charge on any atom is 0.215 e. The number of benzene rings is 1. The average Bonchev–Trinajstić information content (AvgIpc) is 3.25. The van der Waals surface area contributed by atoms with Gasteiger partial charge in [-0.3, -0.25) is 0 Å². The first kappa shape index (κ1) is 15.5. The molecule has 4 nitrogen and oxygen atoms in total. The Morgan fingerprint density at radius 1 is 1.19 bits per heavy atom. The highest BCUT2D eigenvalue weighted by atomic mass is 79.9. The third-order valence-corrected chi connectivity index (χ3v) is 6.73. The van der Waals surface area contributed by atoms with Gasteiger partial charge in [-0.1, -0.05) is 28.1 Å². The smallest absolute Gasteiger partial charge is 0.215 e. The van der Waals surface area contributed by atoms with Crippen LogP contribution in [0.3, 0.4) is 0 Å². The van der Waals surface area contributed by atoms with Crippen molar-refractivity contribution in [2.24, 2.45) is 5.92 Å². The van der Waals surface area contributed by atoms with Crippen LogP contribution >= 0.6 is 15.9 Å². The molecule has 1 aromatic rings. The summed E-state index contributed by atoms with van der Waals surface area (Å²) in [5.74, 6) is 0.0242. The first-order valence-corrected chi connectivity index (χ1v) is 9.72. The van der Waals surface area contributed by atoms with Gasteiger partial charge in [0.05, 0.1) is 11.9 Å². The molecule has 3 rings (SSSR count). The molecular formula is C15H20BrNO3S. The van der Waals surface area contributed by atoms with Crippen LogP contribution in [0.25, 0.3) is 0 Å². The van der Waals surface area contributed by atoms with Crippen LogP contribution in [0.5, 0.6) is 0 Å². The molecule has 1 saturated heterocycles. The zero-order valence-corrected chi connectivity index (χ0v) is 14.2. The Balaban J connectivity index is 1.72. The SMILES string of the molecule is O=S(=O)(NC1CC1)[C@H]1CCOC[C@@H]1Cc1ccc(Br)cc1. The number of halogens is 1. The Morgan fingerprint density at radius 3 is 2.57 bits per heavy atom. The standard InChI is InChI=1S/C15H20BrNO3S/c16-13-3-1-11(2-4-13)9-12-10-20-8-7-15(12)21(18,19)17-14-5-6-14/h1-4,12,14-15,17H,5-10H2/t12-,15-/m0/s1. The van der Waals surface area contributed by atoms with Gasteiger partial charge in [0.2, 0.25) is 10.0 Å². The molecule has 1 aromatic carbocycles. The van der Waals surface area contributed by atoms with Crippen LogP contribution < -0.4 is 4.72 Å². The Hall–Kier alpha value is -0.430. The van der Waals surface area contributed by atoms with E-state index in [0.717, 1.165) is 29.3 Å². The van der Waals surface area contributed by atoms with Gasteiger partial charge in [0, 0.05) is 23.0 Å². The molecular weight excluding hydrogens is 354 g/mol. The van der Waals surface area contributed by atoms with Crippen LogP contribution in [-0.2, 0) is 21.2 Å². The molecule has 0 bridgehead atoms. The summed E-state index contributed by atoms with van der Waals surface area (Å²) in [6.07, 6.45) is 3.27. The van der Waals surface area contributed by atoms with Gasteiger partial charge in [0.15, 0.2) is 0 Å². The monoisotopic (exact) mass is 373 g/mol. The molecule has 2 aliphatic rings. The molecule has 0 aromatic heterocycles. The molecule has 2 fully saturated rings. The summed E-state index contributed by atoms with van der Waals surface area (Å²) in [6, 6.07) is 8.23. The van der Waals surface area contributed by atoms with Gasteiger partial charge in [-0.2, -0.15) is 0 Å². The van der Waals surface area contributed by atoms with Gasteiger partial charge >= 0.3 is 0 Å². The van der Waals surface area contributed by atoms with Gasteiger partial charge in [-0.25, -0.2) is 13.1 Å². The van der Waals surface area contributed by atoms with Crippen molar-refractivity contribution < 1.29 is 13.2 Å². The highest BCUT2D eigenvalue weighted by Crippen LogP contribution is 2.28. The quantitative estimate of drug-likeness (QED) is 0.862. The lowest BCUT2D eigenvalue weighted by Crippen LogP contribution is -2.45. The largest absolute Gasteiger partial charge is 0.381 e. The Bertz CT molecular complexity index is 583. The third kappa shape index (κ3) is 4.06. The zero-order valence-electron chi connectivity index (χ0n) is 11.8. The zero-order chi connectivity index (χ0) is 14.9. The Labute approximate surface area is 134 Å². The molecule has 1 aliphatic heterocycles. The Kier molecular flexibility index (Phi) is 4.69. The van der Waals surface area contributed by atoms with Crippen molar-refractivity contribution in [1.29, 1.82) is 0 Å². The van der Waals surface area contributed by atoms with E-state index >= 15 is 0 Å². The third-order valence-electron chi connectivity index (χ3n) is 4.12. The molecule has 0 radical (unpaired) electrons. The second-order valence-electron chi connectivity index (χ2n) is 5.93. The second kappa shape index (κ2) is 6.36. The summed E-state index contributed by atoms with van der Waals surface area (Å²) in [4.78, 5) is 0. The van der Waals surface area contributed by atoms with Crippen LogP contribution in [0.1, 0.15) is 24.8 Å². The summed E-state index contributed by atoms with van der Waals surface area (Å²) in [5, 5.41) is -0.338. The summed E-state index contributed by atoms with van der Waals surface area (Å²) >= 11 is 3.42. The van der Waals surface area contributed by atoms with Gasteiger partial charge in [-0.05, 0) is 43.4 Å². The lowest BCUT2D eigenvalue weighted by molar-refractivity contribution is 0.0570. The molecule has 0 amide bonds. The first-order chi connectivity index (χ1) is 10.0. The minimum absolute atomic E-state index is 0.0242. The first-order valence-electron chi connectivity index (χ1n) is 7.38. The van der Waals surface area contributed by atoms with Crippen molar-refractivity contribution >= 4 is 26.0 Å². The molecule has 1 N–H and O–H groups in total. The van der Waals surface area contributed by atoms with Crippen molar-refractivity contribution in [3.63, 3.8) is 0 Å².